The SMILES string of the molecule is O=C(NC1CCCCCC1)c1ccc(Cl)cc1O. The van der Waals surface area contributed by atoms with Crippen molar-refractivity contribution in [1.82, 2.24) is 5.32 Å². The Bertz CT molecular complexity index is 426. The minimum absolute atomic E-state index is 0.0615. The third kappa shape index (κ3) is 3.39. The second-order valence-electron chi connectivity index (χ2n) is 4.82. The first-order valence-electron chi connectivity index (χ1n) is 6.46. The van der Waals surface area contributed by atoms with Crippen molar-refractivity contribution in [2.24, 2.45) is 0 Å². The highest BCUT2D eigenvalue weighted by atomic mass is 35.5. The third-order valence-corrected chi connectivity index (χ3v) is 3.63. The average Bonchev–Trinajstić information content (AvgIpc) is 2.57. The van der Waals surface area contributed by atoms with Crippen LogP contribution in [0.5, 0.6) is 5.75 Å². The minimum Gasteiger partial charge on any atom is -0.507 e. The average molecular weight is 268 g/mol. The highest BCUT2D eigenvalue weighted by Gasteiger charge is 2.17. The Balaban J connectivity index is 2.02. The molecule has 0 heterocycles. The molecular formula is C14H18ClNO2. The Hall–Kier alpha value is -1.22. The van der Waals surface area contributed by atoms with E-state index in [9.17, 15) is 9.90 Å². The summed E-state index contributed by atoms with van der Waals surface area (Å²) in [6, 6.07) is 4.80. The zero-order chi connectivity index (χ0) is 13.0. The molecule has 1 aliphatic rings. The third-order valence-electron chi connectivity index (χ3n) is 3.39. The molecule has 0 aliphatic heterocycles. The Labute approximate surface area is 112 Å². The zero-order valence-electron chi connectivity index (χ0n) is 10.3. The van der Waals surface area contributed by atoms with E-state index in [-0.39, 0.29) is 17.7 Å². The van der Waals surface area contributed by atoms with Crippen molar-refractivity contribution in [2.75, 3.05) is 0 Å². The number of carbonyl (C=O) groups excluding carboxylic acids is 1. The van der Waals surface area contributed by atoms with E-state index in [0.29, 0.717) is 10.6 Å². The predicted octanol–water partition coefficient (Wildman–Crippen LogP) is 3.50. The standard InChI is InChI=1S/C14H18ClNO2/c15-10-7-8-12(13(17)9-10)14(18)16-11-5-3-1-2-4-6-11/h7-9,11,17H,1-6H2,(H,16,18). The number of halogens is 1. The highest BCUT2D eigenvalue weighted by Crippen LogP contribution is 2.23. The molecule has 2 N–H and O–H groups in total. The first kappa shape index (κ1) is 13.2. The van der Waals surface area contributed by atoms with Crippen LogP contribution in [0.2, 0.25) is 5.02 Å². The summed E-state index contributed by atoms with van der Waals surface area (Å²) in [6.07, 6.45) is 6.88. The van der Waals surface area contributed by atoms with Crippen LogP contribution in [0.15, 0.2) is 18.2 Å². The molecule has 0 spiro atoms. The van der Waals surface area contributed by atoms with Gasteiger partial charge in [0.05, 0.1) is 5.56 Å². The van der Waals surface area contributed by atoms with E-state index >= 15 is 0 Å². The molecule has 0 saturated heterocycles. The van der Waals surface area contributed by atoms with Crippen LogP contribution in [0.1, 0.15) is 48.9 Å². The van der Waals surface area contributed by atoms with Crippen LogP contribution in [-0.2, 0) is 0 Å². The van der Waals surface area contributed by atoms with Gasteiger partial charge in [0.2, 0.25) is 0 Å². The van der Waals surface area contributed by atoms with Crippen LogP contribution < -0.4 is 5.32 Å². The first-order valence-corrected chi connectivity index (χ1v) is 6.84. The van der Waals surface area contributed by atoms with Gasteiger partial charge in [-0.3, -0.25) is 4.79 Å². The molecule has 1 amide bonds. The molecule has 0 unspecified atom stereocenters. The number of phenols is 1. The summed E-state index contributed by atoms with van der Waals surface area (Å²) < 4.78 is 0. The lowest BCUT2D eigenvalue weighted by molar-refractivity contribution is 0.0930. The van der Waals surface area contributed by atoms with Crippen molar-refractivity contribution in [3.8, 4) is 5.75 Å². The van der Waals surface area contributed by atoms with E-state index in [1.807, 2.05) is 0 Å². The largest absolute Gasteiger partial charge is 0.507 e. The van der Waals surface area contributed by atoms with Gasteiger partial charge in [-0.2, -0.15) is 0 Å². The summed E-state index contributed by atoms with van der Waals surface area (Å²) in [5.74, 6) is -0.273. The molecule has 0 atom stereocenters. The normalized spacial score (nSPS) is 17.2. The van der Waals surface area contributed by atoms with Gasteiger partial charge in [-0.25, -0.2) is 0 Å². The van der Waals surface area contributed by atoms with Gasteiger partial charge in [-0.15, -0.1) is 0 Å². The number of amides is 1. The Morgan fingerprint density at radius 3 is 2.50 bits per heavy atom. The number of aromatic hydroxyl groups is 1. The van der Waals surface area contributed by atoms with Crippen molar-refractivity contribution in [2.45, 2.75) is 44.6 Å². The molecule has 3 nitrogen and oxygen atoms in total. The topological polar surface area (TPSA) is 49.3 Å². The van der Waals surface area contributed by atoms with E-state index in [0.717, 1.165) is 25.7 Å². The molecular weight excluding hydrogens is 250 g/mol. The number of phenolic OH excluding ortho intramolecular Hbond substituents is 1. The quantitative estimate of drug-likeness (QED) is 0.806. The maximum Gasteiger partial charge on any atom is 0.255 e. The first-order chi connectivity index (χ1) is 8.66. The summed E-state index contributed by atoms with van der Waals surface area (Å²) in [4.78, 5) is 12.0. The van der Waals surface area contributed by atoms with Gasteiger partial charge < -0.3 is 10.4 Å². The number of hydrogen-bond donors (Lipinski definition) is 2. The van der Waals surface area contributed by atoms with Gasteiger partial charge in [-0.05, 0) is 31.0 Å². The molecule has 1 fully saturated rings. The number of nitrogens with one attached hydrogen (secondary N) is 1. The van der Waals surface area contributed by atoms with E-state index in [4.69, 9.17) is 11.6 Å². The molecule has 1 aliphatic carbocycles. The molecule has 1 aromatic carbocycles. The van der Waals surface area contributed by atoms with Gasteiger partial charge in [0, 0.05) is 11.1 Å². The smallest absolute Gasteiger partial charge is 0.255 e. The molecule has 98 valence electrons. The molecule has 0 aromatic heterocycles. The van der Waals surface area contributed by atoms with Crippen LogP contribution in [0.4, 0.5) is 0 Å². The maximum atomic E-state index is 12.0. The molecule has 0 bridgehead atoms. The second-order valence-corrected chi connectivity index (χ2v) is 5.26. The van der Waals surface area contributed by atoms with Crippen molar-refractivity contribution in [3.63, 3.8) is 0 Å². The van der Waals surface area contributed by atoms with Gasteiger partial charge in [0.25, 0.3) is 5.91 Å². The van der Waals surface area contributed by atoms with E-state index in [2.05, 4.69) is 5.32 Å². The molecule has 18 heavy (non-hydrogen) atoms. The minimum atomic E-state index is -0.212. The maximum absolute atomic E-state index is 12.0. The van der Waals surface area contributed by atoms with Crippen molar-refractivity contribution in [1.29, 1.82) is 0 Å². The fourth-order valence-corrected chi connectivity index (χ4v) is 2.55. The van der Waals surface area contributed by atoms with E-state index in [1.165, 1.54) is 18.9 Å². The van der Waals surface area contributed by atoms with Gasteiger partial charge in [0.15, 0.2) is 0 Å². The van der Waals surface area contributed by atoms with Gasteiger partial charge >= 0.3 is 0 Å². The molecule has 4 heteroatoms. The van der Waals surface area contributed by atoms with Gasteiger partial charge in [0.1, 0.15) is 5.75 Å². The lowest BCUT2D eigenvalue weighted by atomic mass is 10.1. The lowest BCUT2D eigenvalue weighted by Gasteiger charge is -2.16. The Morgan fingerprint density at radius 2 is 1.89 bits per heavy atom. The molecule has 1 saturated carbocycles. The summed E-state index contributed by atoms with van der Waals surface area (Å²) in [7, 11) is 0. The lowest BCUT2D eigenvalue weighted by Crippen LogP contribution is -2.34. The van der Waals surface area contributed by atoms with Crippen LogP contribution >= 0.6 is 11.6 Å². The number of carbonyl (C=O) groups is 1. The fraction of sp³-hybridized carbons (Fsp3) is 0.500. The molecule has 0 radical (unpaired) electrons. The van der Waals surface area contributed by atoms with Crippen LogP contribution in [0, 0.1) is 0 Å². The second kappa shape index (κ2) is 6.10. The predicted molar refractivity (Wildman–Crippen MR) is 72.1 cm³/mol. The van der Waals surface area contributed by atoms with Crippen molar-refractivity contribution < 1.29 is 9.90 Å². The van der Waals surface area contributed by atoms with Crippen LogP contribution in [0.3, 0.4) is 0 Å². The zero-order valence-corrected chi connectivity index (χ0v) is 11.0. The Kier molecular flexibility index (Phi) is 4.48. The number of benzene rings is 1. The summed E-state index contributed by atoms with van der Waals surface area (Å²) in [5, 5.41) is 13.1. The monoisotopic (exact) mass is 267 g/mol. The molecule has 1 aromatic rings. The number of hydrogen-bond acceptors (Lipinski definition) is 2. The summed E-state index contributed by atoms with van der Waals surface area (Å²) in [6.45, 7) is 0. The van der Waals surface area contributed by atoms with Crippen molar-refractivity contribution >= 4 is 17.5 Å². The summed E-state index contributed by atoms with van der Waals surface area (Å²) in [5.41, 5.74) is 0.295. The highest BCUT2D eigenvalue weighted by molar-refractivity contribution is 6.30. The fourth-order valence-electron chi connectivity index (χ4n) is 2.38. The van der Waals surface area contributed by atoms with Gasteiger partial charge in [-0.1, -0.05) is 37.3 Å². The Morgan fingerprint density at radius 1 is 1.22 bits per heavy atom. The summed E-state index contributed by atoms with van der Waals surface area (Å²) >= 11 is 5.74. The van der Waals surface area contributed by atoms with Crippen LogP contribution in [-0.4, -0.2) is 17.1 Å². The van der Waals surface area contributed by atoms with E-state index < -0.39 is 0 Å². The van der Waals surface area contributed by atoms with Crippen molar-refractivity contribution in [3.05, 3.63) is 28.8 Å². The molecule has 2 rings (SSSR count). The van der Waals surface area contributed by atoms with E-state index in [1.54, 1.807) is 12.1 Å². The number of rotatable bonds is 2. The van der Waals surface area contributed by atoms with Crippen LogP contribution in [0.25, 0.3) is 0 Å².